The molecule has 2 aromatic rings. The first-order chi connectivity index (χ1) is 11.6. The fourth-order valence-electron chi connectivity index (χ4n) is 2.95. The summed E-state index contributed by atoms with van der Waals surface area (Å²) in [6.45, 7) is 4.74. The summed E-state index contributed by atoms with van der Waals surface area (Å²) < 4.78 is 13.1. The summed E-state index contributed by atoms with van der Waals surface area (Å²) in [5.74, 6) is 0.117. The van der Waals surface area contributed by atoms with Crippen molar-refractivity contribution in [3.05, 3.63) is 28.8 Å². The van der Waals surface area contributed by atoms with Gasteiger partial charge in [-0.05, 0) is 5.57 Å². The second-order valence-electron chi connectivity index (χ2n) is 5.25. The smallest absolute Gasteiger partial charge is 0.280 e. The Hall–Kier alpha value is -0.0300. The molecule has 1 fully saturated rings. The van der Waals surface area contributed by atoms with Crippen LogP contribution < -0.4 is 11.3 Å². The molecule has 0 aromatic carbocycles. The first-order valence-electron chi connectivity index (χ1n) is 6.82. The highest BCUT2D eigenvalue weighted by Crippen LogP contribution is 2.44. The van der Waals surface area contributed by atoms with Gasteiger partial charge in [-0.15, -0.1) is 0 Å². The predicted molar refractivity (Wildman–Crippen MR) is 113 cm³/mol. The van der Waals surface area contributed by atoms with Gasteiger partial charge in [-0.25, -0.2) is 4.98 Å². The van der Waals surface area contributed by atoms with Gasteiger partial charge >= 0.3 is 0 Å². The molecule has 3 rings (SSSR count). The van der Waals surface area contributed by atoms with Gasteiger partial charge in [-0.2, -0.15) is 4.98 Å². The molecule has 0 aliphatic heterocycles. The zero-order chi connectivity index (χ0) is 17.3. The SMILES string of the molecule is C=C1[C@H](COSI)[C@@H](OSI)C[C@@H]1n1cnc2c(=O)[nH]c(N)nc21. The fourth-order valence-corrected chi connectivity index (χ4v) is 4.70. The van der Waals surface area contributed by atoms with Gasteiger partial charge in [-0.1, -0.05) is 6.58 Å². The number of imidazole rings is 1. The maximum atomic E-state index is 12.0. The average molecular weight is 593 g/mol. The van der Waals surface area contributed by atoms with E-state index in [1.807, 2.05) is 4.57 Å². The van der Waals surface area contributed by atoms with Crippen LogP contribution in [0.1, 0.15) is 12.5 Å². The van der Waals surface area contributed by atoms with E-state index >= 15 is 0 Å². The molecule has 1 saturated carbocycles. The summed E-state index contributed by atoms with van der Waals surface area (Å²) in [5.41, 5.74) is 7.01. The lowest BCUT2D eigenvalue weighted by Gasteiger charge is -2.18. The van der Waals surface area contributed by atoms with Crippen molar-refractivity contribution in [3.63, 3.8) is 0 Å². The van der Waals surface area contributed by atoms with Crippen molar-refractivity contribution >= 4 is 78.0 Å². The Labute approximate surface area is 170 Å². The van der Waals surface area contributed by atoms with Crippen molar-refractivity contribution in [2.24, 2.45) is 5.92 Å². The number of rotatable bonds is 6. The molecule has 0 unspecified atom stereocenters. The van der Waals surface area contributed by atoms with Crippen LogP contribution in [0.5, 0.6) is 0 Å². The Kier molecular flexibility index (Phi) is 6.34. The van der Waals surface area contributed by atoms with E-state index in [-0.39, 0.29) is 35.1 Å². The van der Waals surface area contributed by atoms with Gasteiger partial charge in [-0.3, -0.25) is 9.78 Å². The van der Waals surface area contributed by atoms with Gasteiger partial charge in [0.15, 0.2) is 11.2 Å². The molecule has 3 N–H and O–H groups in total. The summed E-state index contributed by atoms with van der Waals surface area (Å²) in [5, 5.41) is 0. The summed E-state index contributed by atoms with van der Waals surface area (Å²) in [4.78, 5) is 22.8. The molecule has 1 aliphatic rings. The second-order valence-corrected chi connectivity index (χ2v) is 8.09. The molecular formula is C12H13I2N5O3S2. The van der Waals surface area contributed by atoms with E-state index in [0.29, 0.717) is 18.7 Å². The summed E-state index contributed by atoms with van der Waals surface area (Å²) in [6.07, 6.45) is 2.27. The molecule has 3 atom stereocenters. The molecule has 2 aromatic heterocycles. The lowest BCUT2D eigenvalue weighted by molar-refractivity contribution is 0.165. The molecule has 0 spiro atoms. The fraction of sp³-hybridized carbons (Fsp3) is 0.417. The predicted octanol–water partition coefficient (Wildman–Crippen LogP) is 3.22. The monoisotopic (exact) mass is 593 g/mol. The Morgan fingerprint density at radius 2 is 2.29 bits per heavy atom. The number of hydrogen-bond acceptors (Lipinski definition) is 8. The molecule has 0 bridgehead atoms. The number of aromatic amines is 1. The maximum absolute atomic E-state index is 12.0. The topological polar surface area (TPSA) is 108 Å². The van der Waals surface area contributed by atoms with E-state index in [1.165, 1.54) is 18.4 Å². The molecular weight excluding hydrogens is 580 g/mol. The molecule has 0 amide bonds. The number of nitrogens with two attached hydrogens (primary N) is 1. The quantitative estimate of drug-likeness (QED) is 0.299. The average Bonchev–Trinajstić information content (AvgIpc) is 3.08. The van der Waals surface area contributed by atoms with Gasteiger partial charge in [0.2, 0.25) is 5.95 Å². The Morgan fingerprint density at radius 1 is 1.50 bits per heavy atom. The molecule has 130 valence electrons. The van der Waals surface area contributed by atoms with Crippen LogP contribution in [0.4, 0.5) is 5.95 Å². The van der Waals surface area contributed by atoms with E-state index in [4.69, 9.17) is 14.1 Å². The summed E-state index contributed by atoms with van der Waals surface area (Å²) in [6, 6.07) is -0.0786. The van der Waals surface area contributed by atoms with Crippen LogP contribution in [-0.4, -0.2) is 32.2 Å². The minimum absolute atomic E-state index is 0.0373. The van der Waals surface area contributed by atoms with Crippen molar-refractivity contribution < 1.29 is 8.37 Å². The third-order valence-corrected chi connectivity index (χ3v) is 5.98. The third kappa shape index (κ3) is 3.58. The number of nitrogens with one attached hydrogen (secondary N) is 1. The van der Waals surface area contributed by atoms with E-state index in [9.17, 15) is 4.79 Å². The number of hydrogen-bond donors (Lipinski definition) is 2. The van der Waals surface area contributed by atoms with Crippen LogP contribution in [0.15, 0.2) is 23.3 Å². The van der Waals surface area contributed by atoms with Gasteiger partial charge in [0.25, 0.3) is 5.56 Å². The molecule has 24 heavy (non-hydrogen) atoms. The van der Waals surface area contributed by atoms with Crippen LogP contribution in [0, 0.1) is 5.92 Å². The minimum Gasteiger partial charge on any atom is -0.369 e. The third-order valence-electron chi connectivity index (χ3n) is 4.05. The maximum Gasteiger partial charge on any atom is 0.280 e. The molecule has 0 saturated heterocycles. The number of fused-ring (bicyclic) bond motifs is 1. The number of nitrogens with zero attached hydrogens (tertiary/aromatic N) is 3. The summed E-state index contributed by atoms with van der Waals surface area (Å²) in [7, 11) is 2.58. The molecule has 8 nitrogen and oxygen atoms in total. The van der Waals surface area contributed by atoms with Gasteiger partial charge in [0.1, 0.15) is 0 Å². The Morgan fingerprint density at radius 3 is 3.00 bits per heavy atom. The number of halogens is 2. The van der Waals surface area contributed by atoms with Crippen molar-refractivity contribution in [1.29, 1.82) is 0 Å². The molecule has 0 radical (unpaired) electrons. The van der Waals surface area contributed by atoms with E-state index in [2.05, 4.69) is 63.9 Å². The first-order valence-corrected chi connectivity index (χ1v) is 13.4. The molecule has 12 heteroatoms. The van der Waals surface area contributed by atoms with Gasteiger partial charge < -0.3 is 18.7 Å². The largest absolute Gasteiger partial charge is 0.369 e. The van der Waals surface area contributed by atoms with Gasteiger partial charge in [0.05, 0.1) is 43.5 Å². The van der Waals surface area contributed by atoms with Crippen LogP contribution in [0.25, 0.3) is 11.2 Å². The summed E-state index contributed by atoms with van der Waals surface area (Å²) >= 11 is 4.18. The van der Waals surface area contributed by atoms with Crippen molar-refractivity contribution in [2.75, 3.05) is 12.3 Å². The zero-order valence-corrected chi connectivity index (χ0v) is 18.1. The number of anilines is 1. The van der Waals surface area contributed by atoms with Gasteiger partial charge in [0, 0.05) is 54.7 Å². The van der Waals surface area contributed by atoms with Crippen LogP contribution in [-0.2, 0) is 8.37 Å². The van der Waals surface area contributed by atoms with Crippen LogP contribution >= 0.6 is 60.8 Å². The second kappa shape index (κ2) is 8.11. The lowest BCUT2D eigenvalue weighted by Crippen LogP contribution is -2.19. The van der Waals surface area contributed by atoms with E-state index in [1.54, 1.807) is 6.33 Å². The minimum atomic E-state index is -0.350. The van der Waals surface area contributed by atoms with Crippen LogP contribution in [0.2, 0.25) is 0 Å². The highest BCUT2D eigenvalue weighted by molar-refractivity contribution is 14.2. The van der Waals surface area contributed by atoms with Crippen LogP contribution in [0.3, 0.4) is 0 Å². The molecule has 2 heterocycles. The lowest BCUT2D eigenvalue weighted by atomic mass is 10.0. The Balaban J connectivity index is 1.97. The standard InChI is InChI=1S/C12H13I2N5O3S2/c1-5-6(3-21-23-13)8(22-24-14)2-7(5)19-4-16-9-10(19)17-12(15)18-11(9)20/h4,6-8H,1-3H2,(H3,15,17,18,20)/t6-,7-,8-/m0/s1. The zero-order valence-electron chi connectivity index (χ0n) is 12.1. The van der Waals surface area contributed by atoms with E-state index < -0.39 is 0 Å². The first kappa shape index (κ1) is 18.8. The number of H-pyrrole nitrogens is 1. The normalized spacial score (nSPS) is 24.1. The molecule has 1 aliphatic carbocycles. The Bertz CT molecular complexity index is 814. The van der Waals surface area contributed by atoms with Crippen molar-refractivity contribution in [2.45, 2.75) is 18.6 Å². The number of aromatic nitrogens is 4. The highest BCUT2D eigenvalue weighted by Gasteiger charge is 2.40. The van der Waals surface area contributed by atoms with Crippen molar-refractivity contribution in [1.82, 2.24) is 19.5 Å². The highest BCUT2D eigenvalue weighted by atomic mass is 127. The van der Waals surface area contributed by atoms with Crippen molar-refractivity contribution in [3.8, 4) is 0 Å². The number of nitrogen functional groups attached to an aromatic ring is 1. The van der Waals surface area contributed by atoms with E-state index in [0.717, 1.165) is 5.57 Å².